The molecule has 0 aliphatic carbocycles. The summed E-state index contributed by atoms with van der Waals surface area (Å²) in [6.07, 6.45) is 1.63. The zero-order valence-corrected chi connectivity index (χ0v) is 15.3. The van der Waals surface area contributed by atoms with Gasteiger partial charge in [0.15, 0.2) is 0 Å². The Morgan fingerprint density at radius 1 is 1.00 bits per heavy atom. The van der Waals surface area contributed by atoms with Crippen LogP contribution in [0.1, 0.15) is 10.4 Å². The Balaban J connectivity index is 1.52. The average Bonchev–Trinajstić information content (AvgIpc) is 3.23. The largest absolute Gasteiger partial charge is 0.464 e. The summed E-state index contributed by atoms with van der Waals surface area (Å²) in [4.78, 5) is 16.5. The Hall–Kier alpha value is -2.79. The summed E-state index contributed by atoms with van der Waals surface area (Å²) < 4.78 is 19.4. The van der Waals surface area contributed by atoms with Gasteiger partial charge >= 0.3 is 0 Å². The number of hydrogen-bond donors (Lipinski definition) is 0. The SMILES string of the molecule is O=C(c1ccccc1F)N1CCN(c2ccc(Cl)cc2-c2ccco2)CC1. The summed E-state index contributed by atoms with van der Waals surface area (Å²) in [6.45, 7) is 2.34. The topological polar surface area (TPSA) is 36.7 Å². The molecule has 1 aliphatic heterocycles. The number of anilines is 1. The molecule has 0 bridgehead atoms. The molecule has 1 saturated heterocycles. The number of amides is 1. The van der Waals surface area contributed by atoms with Crippen molar-refractivity contribution in [2.75, 3.05) is 31.1 Å². The highest BCUT2D eigenvalue weighted by molar-refractivity contribution is 6.31. The van der Waals surface area contributed by atoms with Gasteiger partial charge < -0.3 is 14.2 Å². The van der Waals surface area contributed by atoms with Crippen molar-refractivity contribution in [2.24, 2.45) is 0 Å². The average molecular weight is 385 g/mol. The lowest BCUT2D eigenvalue weighted by Crippen LogP contribution is -2.49. The highest BCUT2D eigenvalue weighted by Gasteiger charge is 2.25. The van der Waals surface area contributed by atoms with Crippen molar-refractivity contribution in [1.29, 1.82) is 0 Å². The molecule has 0 unspecified atom stereocenters. The smallest absolute Gasteiger partial charge is 0.256 e. The third-order valence-electron chi connectivity index (χ3n) is 4.76. The highest BCUT2D eigenvalue weighted by Crippen LogP contribution is 2.34. The van der Waals surface area contributed by atoms with Crippen LogP contribution in [0.15, 0.2) is 65.3 Å². The summed E-state index contributed by atoms with van der Waals surface area (Å²) in [6, 6.07) is 15.5. The van der Waals surface area contributed by atoms with Gasteiger partial charge in [-0.05, 0) is 42.5 Å². The molecule has 1 aliphatic rings. The monoisotopic (exact) mass is 384 g/mol. The summed E-state index contributed by atoms with van der Waals surface area (Å²) in [5.74, 6) is -0.00443. The Bertz CT molecular complexity index is 951. The third-order valence-corrected chi connectivity index (χ3v) is 4.99. The number of piperazine rings is 1. The lowest BCUT2D eigenvalue weighted by molar-refractivity contribution is 0.0742. The van der Waals surface area contributed by atoms with E-state index in [-0.39, 0.29) is 11.5 Å². The van der Waals surface area contributed by atoms with Crippen LogP contribution in [0.4, 0.5) is 10.1 Å². The number of halogens is 2. The number of carbonyl (C=O) groups is 1. The van der Waals surface area contributed by atoms with Crippen molar-refractivity contribution in [3.63, 3.8) is 0 Å². The zero-order valence-electron chi connectivity index (χ0n) is 14.6. The van der Waals surface area contributed by atoms with Gasteiger partial charge in [-0.25, -0.2) is 4.39 Å². The Morgan fingerprint density at radius 3 is 2.48 bits per heavy atom. The fraction of sp³-hybridized carbons (Fsp3) is 0.190. The standard InChI is InChI=1S/C21H18ClFN2O2/c22-15-7-8-19(17(14-15)20-6-3-13-27-20)24-9-11-25(12-10-24)21(26)16-4-1-2-5-18(16)23/h1-8,13-14H,9-12H2. The lowest BCUT2D eigenvalue weighted by Gasteiger charge is -2.37. The van der Waals surface area contributed by atoms with Crippen molar-refractivity contribution < 1.29 is 13.6 Å². The molecule has 27 heavy (non-hydrogen) atoms. The van der Waals surface area contributed by atoms with Crippen LogP contribution in [0.5, 0.6) is 0 Å². The van der Waals surface area contributed by atoms with E-state index in [9.17, 15) is 9.18 Å². The molecule has 0 atom stereocenters. The molecule has 0 spiro atoms. The lowest BCUT2D eigenvalue weighted by atomic mass is 10.1. The van der Waals surface area contributed by atoms with E-state index in [0.29, 0.717) is 31.2 Å². The fourth-order valence-corrected chi connectivity index (χ4v) is 3.54. The van der Waals surface area contributed by atoms with Crippen LogP contribution < -0.4 is 4.90 Å². The van der Waals surface area contributed by atoms with Crippen LogP contribution in [0.2, 0.25) is 5.02 Å². The normalized spacial score (nSPS) is 14.4. The van der Waals surface area contributed by atoms with Gasteiger partial charge in [0.25, 0.3) is 5.91 Å². The summed E-state index contributed by atoms with van der Waals surface area (Å²) in [5, 5.41) is 0.638. The van der Waals surface area contributed by atoms with Gasteiger partial charge in [-0.1, -0.05) is 23.7 Å². The van der Waals surface area contributed by atoms with E-state index in [0.717, 1.165) is 17.0 Å². The van der Waals surface area contributed by atoms with Crippen LogP contribution in [0, 0.1) is 5.82 Å². The minimum absolute atomic E-state index is 0.119. The summed E-state index contributed by atoms with van der Waals surface area (Å²) in [5.41, 5.74) is 2.04. The molecule has 0 N–H and O–H groups in total. The van der Waals surface area contributed by atoms with Gasteiger partial charge in [0.2, 0.25) is 0 Å². The molecule has 2 heterocycles. The quantitative estimate of drug-likeness (QED) is 0.656. The van der Waals surface area contributed by atoms with Gasteiger partial charge in [0.1, 0.15) is 11.6 Å². The second kappa shape index (κ2) is 7.45. The van der Waals surface area contributed by atoms with Crippen LogP contribution in [0.3, 0.4) is 0 Å². The molecule has 2 aromatic carbocycles. The predicted molar refractivity (Wildman–Crippen MR) is 104 cm³/mol. The maximum absolute atomic E-state index is 13.9. The van der Waals surface area contributed by atoms with E-state index >= 15 is 0 Å². The van der Waals surface area contributed by atoms with E-state index in [2.05, 4.69) is 4.90 Å². The first kappa shape index (κ1) is 17.6. The number of benzene rings is 2. The number of carbonyl (C=O) groups excluding carboxylic acids is 1. The molecule has 1 amide bonds. The molecule has 4 rings (SSSR count). The third kappa shape index (κ3) is 3.55. The second-order valence-corrected chi connectivity index (χ2v) is 6.83. The zero-order chi connectivity index (χ0) is 18.8. The van der Waals surface area contributed by atoms with Crippen molar-refractivity contribution in [2.45, 2.75) is 0 Å². The minimum atomic E-state index is -0.484. The Morgan fingerprint density at radius 2 is 1.78 bits per heavy atom. The van der Waals surface area contributed by atoms with Crippen molar-refractivity contribution in [1.82, 2.24) is 4.90 Å². The molecule has 0 radical (unpaired) electrons. The van der Waals surface area contributed by atoms with Crippen molar-refractivity contribution in [3.8, 4) is 11.3 Å². The van der Waals surface area contributed by atoms with E-state index in [1.165, 1.54) is 12.1 Å². The maximum Gasteiger partial charge on any atom is 0.256 e. The van der Waals surface area contributed by atoms with Crippen LogP contribution >= 0.6 is 11.6 Å². The molecule has 4 nitrogen and oxygen atoms in total. The molecule has 1 fully saturated rings. The molecular weight excluding hydrogens is 367 g/mol. The molecule has 138 valence electrons. The Labute approximate surface area is 161 Å². The second-order valence-electron chi connectivity index (χ2n) is 6.40. The van der Waals surface area contributed by atoms with E-state index in [1.807, 2.05) is 30.3 Å². The summed E-state index contributed by atoms with van der Waals surface area (Å²) in [7, 11) is 0. The number of nitrogens with zero attached hydrogens (tertiary/aromatic N) is 2. The fourth-order valence-electron chi connectivity index (χ4n) is 3.37. The molecule has 6 heteroatoms. The Kier molecular flexibility index (Phi) is 4.86. The van der Waals surface area contributed by atoms with Crippen LogP contribution in [-0.4, -0.2) is 37.0 Å². The number of furan rings is 1. The van der Waals surface area contributed by atoms with E-state index in [4.69, 9.17) is 16.0 Å². The van der Waals surface area contributed by atoms with Crippen LogP contribution in [-0.2, 0) is 0 Å². The van der Waals surface area contributed by atoms with Crippen LogP contribution in [0.25, 0.3) is 11.3 Å². The maximum atomic E-state index is 13.9. The molecule has 1 aromatic heterocycles. The minimum Gasteiger partial charge on any atom is -0.464 e. The number of rotatable bonds is 3. The molecule has 0 saturated carbocycles. The predicted octanol–water partition coefficient (Wildman–Crippen LogP) is 4.70. The summed E-state index contributed by atoms with van der Waals surface area (Å²) >= 11 is 6.17. The van der Waals surface area contributed by atoms with Gasteiger partial charge in [-0.3, -0.25) is 4.79 Å². The van der Waals surface area contributed by atoms with Crippen molar-refractivity contribution >= 4 is 23.2 Å². The van der Waals surface area contributed by atoms with E-state index in [1.54, 1.807) is 23.3 Å². The highest BCUT2D eigenvalue weighted by atomic mass is 35.5. The first-order chi connectivity index (χ1) is 13.1. The number of hydrogen-bond acceptors (Lipinski definition) is 3. The van der Waals surface area contributed by atoms with E-state index < -0.39 is 5.82 Å². The van der Waals surface area contributed by atoms with Crippen molar-refractivity contribution in [3.05, 3.63) is 77.3 Å². The molecule has 3 aromatic rings. The van der Waals surface area contributed by atoms with Gasteiger partial charge in [0.05, 0.1) is 11.8 Å². The molecular formula is C21H18ClFN2O2. The van der Waals surface area contributed by atoms with Gasteiger partial charge in [0, 0.05) is 42.5 Å². The van der Waals surface area contributed by atoms with Gasteiger partial charge in [-0.15, -0.1) is 0 Å². The first-order valence-corrected chi connectivity index (χ1v) is 9.13. The van der Waals surface area contributed by atoms with Gasteiger partial charge in [-0.2, -0.15) is 0 Å². The first-order valence-electron chi connectivity index (χ1n) is 8.75.